The van der Waals surface area contributed by atoms with Crippen molar-refractivity contribution in [2.75, 3.05) is 18.1 Å². The van der Waals surface area contributed by atoms with E-state index in [9.17, 15) is 0 Å². The molecule has 1 aliphatic carbocycles. The van der Waals surface area contributed by atoms with Crippen LogP contribution in [0.2, 0.25) is 0 Å². The van der Waals surface area contributed by atoms with E-state index in [0.29, 0.717) is 0 Å². The molecule has 2 aliphatic rings. The van der Waals surface area contributed by atoms with Gasteiger partial charge in [0.05, 0.1) is 0 Å². The second-order valence-electron chi connectivity index (χ2n) is 6.29. The van der Waals surface area contributed by atoms with Crippen LogP contribution < -0.4 is 5.32 Å². The molecule has 0 amide bonds. The fourth-order valence-corrected chi connectivity index (χ4v) is 4.97. The summed E-state index contributed by atoms with van der Waals surface area (Å²) in [5.74, 6) is 4.86. The number of hydrogen-bond acceptors (Lipinski definition) is 2. The zero-order valence-corrected chi connectivity index (χ0v) is 12.9. The van der Waals surface area contributed by atoms with Crippen LogP contribution in [0.5, 0.6) is 0 Å². The summed E-state index contributed by atoms with van der Waals surface area (Å²) in [4.78, 5) is 0. The lowest BCUT2D eigenvalue weighted by atomic mass is 9.82. The molecule has 0 spiro atoms. The largest absolute Gasteiger partial charge is 0.314 e. The molecule has 1 aliphatic heterocycles. The number of rotatable bonds is 6. The molecule has 0 radical (unpaired) electrons. The van der Waals surface area contributed by atoms with Gasteiger partial charge in [0.25, 0.3) is 0 Å². The van der Waals surface area contributed by atoms with Gasteiger partial charge in [-0.3, -0.25) is 0 Å². The average Bonchev–Trinajstić information content (AvgIpc) is 2.41. The summed E-state index contributed by atoms with van der Waals surface area (Å²) in [7, 11) is 0. The second kappa shape index (κ2) is 8.47. The Morgan fingerprint density at radius 1 is 0.944 bits per heavy atom. The Labute approximate surface area is 118 Å². The Hall–Kier alpha value is 0.310. The zero-order valence-electron chi connectivity index (χ0n) is 12.1. The first kappa shape index (κ1) is 14.7. The van der Waals surface area contributed by atoms with E-state index in [1.54, 1.807) is 0 Å². The van der Waals surface area contributed by atoms with E-state index in [-0.39, 0.29) is 0 Å². The molecule has 1 atom stereocenters. The topological polar surface area (TPSA) is 12.0 Å². The van der Waals surface area contributed by atoms with Crippen molar-refractivity contribution in [1.82, 2.24) is 5.32 Å². The Morgan fingerprint density at radius 3 is 2.17 bits per heavy atom. The monoisotopic (exact) mass is 269 g/mol. The van der Waals surface area contributed by atoms with Crippen molar-refractivity contribution in [1.29, 1.82) is 0 Å². The van der Waals surface area contributed by atoms with Crippen molar-refractivity contribution in [3.63, 3.8) is 0 Å². The van der Waals surface area contributed by atoms with Gasteiger partial charge >= 0.3 is 0 Å². The molecule has 0 aromatic heterocycles. The summed E-state index contributed by atoms with van der Waals surface area (Å²) >= 11 is 2.15. The van der Waals surface area contributed by atoms with Crippen LogP contribution in [0.4, 0.5) is 0 Å². The molecule has 0 aromatic carbocycles. The highest BCUT2D eigenvalue weighted by Gasteiger charge is 2.22. The first-order chi connectivity index (χ1) is 8.88. The van der Waals surface area contributed by atoms with E-state index in [2.05, 4.69) is 24.0 Å². The van der Waals surface area contributed by atoms with Crippen molar-refractivity contribution >= 4 is 11.8 Å². The van der Waals surface area contributed by atoms with E-state index in [4.69, 9.17) is 0 Å². The molecule has 106 valence electrons. The highest BCUT2D eigenvalue weighted by molar-refractivity contribution is 7.99. The Balaban J connectivity index is 1.74. The molecule has 1 nitrogen and oxygen atoms in total. The quantitative estimate of drug-likeness (QED) is 0.763. The van der Waals surface area contributed by atoms with Crippen LogP contribution in [0.1, 0.15) is 64.7 Å². The third-order valence-electron chi connectivity index (χ3n) is 4.79. The lowest BCUT2D eigenvalue weighted by molar-refractivity contribution is 0.268. The summed E-state index contributed by atoms with van der Waals surface area (Å²) in [6.07, 6.45) is 13.3. The molecule has 2 fully saturated rings. The van der Waals surface area contributed by atoms with Crippen LogP contribution in [0, 0.1) is 11.8 Å². The molecule has 2 heteroatoms. The average molecular weight is 269 g/mol. The highest BCUT2D eigenvalue weighted by Crippen LogP contribution is 2.31. The van der Waals surface area contributed by atoms with Gasteiger partial charge in [-0.2, -0.15) is 11.8 Å². The van der Waals surface area contributed by atoms with E-state index < -0.39 is 0 Å². The molecular formula is C16H31NS. The maximum absolute atomic E-state index is 3.77. The van der Waals surface area contributed by atoms with Crippen molar-refractivity contribution in [3.8, 4) is 0 Å². The van der Waals surface area contributed by atoms with Gasteiger partial charge in [0, 0.05) is 6.04 Å². The zero-order chi connectivity index (χ0) is 12.6. The van der Waals surface area contributed by atoms with E-state index >= 15 is 0 Å². The van der Waals surface area contributed by atoms with Crippen LogP contribution in [0.3, 0.4) is 0 Å². The Morgan fingerprint density at radius 2 is 1.56 bits per heavy atom. The van der Waals surface area contributed by atoms with Gasteiger partial charge in [-0.15, -0.1) is 0 Å². The maximum Gasteiger partial charge on any atom is 0.00722 e. The minimum absolute atomic E-state index is 0.811. The van der Waals surface area contributed by atoms with Gasteiger partial charge in [0.1, 0.15) is 0 Å². The van der Waals surface area contributed by atoms with Crippen LogP contribution in [-0.4, -0.2) is 24.1 Å². The van der Waals surface area contributed by atoms with Crippen molar-refractivity contribution in [2.24, 2.45) is 11.8 Å². The van der Waals surface area contributed by atoms with Crippen molar-refractivity contribution < 1.29 is 0 Å². The minimum atomic E-state index is 0.811. The lowest BCUT2D eigenvalue weighted by Gasteiger charge is -2.31. The summed E-state index contributed by atoms with van der Waals surface area (Å²) < 4.78 is 0. The number of hydrogen-bond donors (Lipinski definition) is 1. The lowest BCUT2D eigenvalue weighted by Crippen LogP contribution is -2.34. The number of nitrogens with one attached hydrogen (secondary N) is 1. The molecule has 1 N–H and O–H groups in total. The smallest absolute Gasteiger partial charge is 0.00722 e. The van der Waals surface area contributed by atoms with E-state index in [0.717, 1.165) is 24.4 Å². The van der Waals surface area contributed by atoms with Crippen LogP contribution in [0.15, 0.2) is 0 Å². The fourth-order valence-electron chi connectivity index (χ4n) is 3.76. The summed E-state index contributed by atoms with van der Waals surface area (Å²) in [6, 6.07) is 0.811. The van der Waals surface area contributed by atoms with Gasteiger partial charge in [0.15, 0.2) is 0 Å². The predicted molar refractivity (Wildman–Crippen MR) is 83.3 cm³/mol. The number of thioether (sulfide) groups is 1. The van der Waals surface area contributed by atoms with Gasteiger partial charge < -0.3 is 5.32 Å². The first-order valence-corrected chi connectivity index (χ1v) is 9.35. The molecule has 1 saturated heterocycles. The molecule has 2 rings (SSSR count). The minimum Gasteiger partial charge on any atom is -0.314 e. The van der Waals surface area contributed by atoms with Crippen molar-refractivity contribution in [2.45, 2.75) is 70.8 Å². The predicted octanol–water partition coefficient (Wildman–Crippen LogP) is 4.47. The van der Waals surface area contributed by atoms with Crippen molar-refractivity contribution in [3.05, 3.63) is 0 Å². The normalized spacial score (nSPS) is 25.2. The summed E-state index contributed by atoms with van der Waals surface area (Å²) in [5, 5.41) is 3.77. The molecule has 1 unspecified atom stereocenters. The van der Waals surface area contributed by atoms with Crippen LogP contribution >= 0.6 is 11.8 Å². The highest BCUT2D eigenvalue weighted by atomic mass is 32.2. The van der Waals surface area contributed by atoms with E-state index in [1.807, 2.05) is 0 Å². The fraction of sp³-hybridized carbons (Fsp3) is 1.00. The Kier molecular flexibility index (Phi) is 6.93. The molecular weight excluding hydrogens is 238 g/mol. The van der Waals surface area contributed by atoms with Crippen LogP contribution in [-0.2, 0) is 0 Å². The first-order valence-electron chi connectivity index (χ1n) is 8.19. The van der Waals surface area contributed by atoms with Gasteiger partial charge in [0.2, 0.25) is 0 Å². The van der Waals surface area contributed by atoms with Gasteiger partial charge in [-0.1, -0.05) is 39.0 Å². The van der Waals surface area contributed by atoms with Gasteiger partial charge in [-0.25, -0.2) is 0 Å². The SMILES string of the molecule is CCNC(CC1CCCCC1)CC1CCSCC1. The Bertz CT molecular complexity index is 187. The van der Waals surface area contributed by atoms with Gasteiger partial charge in [-0.05, 0) is 55.6 Å². The molecule has 1 saturated carbocycles. The second-order valence-corrected chi connectivity index (χ2v) is 7.51. The molecule has 0 aromatic rings. The molecule has 1 heterocycles. The van der Waals surface area contributed by atoms with E-state index in [1.165, 1.54) is 69.3 Å². The molecule has 0 bridgehead atoms. The van der Waals surface area contributed by atoms with Crippen LogP contribution in [0.25, 0.3) is 0 Å². The third-order valence-corrected chi connectivity index (χ3v) is 5.84. The standard InChI is InChI=1S/C16H31NS/c1-2-17-16(12-14-6-4-3-5-7-14)13-15-8-10-18-11-9-15/h14-17H,2-13H2,1H3. The summed E-state index contributed by atoms with van der Waals surface area (Å²) in [5.41, 5.74) is 0. The molecule has 18 heavy (non-hydrogen) atoms. The maximum atomic E-state index is 3.77. The third kappa shape index (κ3) is 5.13. The summed E-state index contributed by atoms with van der Waals surface area (Å²) in [6.45, 7) is 3.42.